The molecule has 2 aliphatic rings. The molecule has 1 aromatic heterocycles. The van der Waals surface area contributed by atoms with Gasteiger partial charge in [0.05, 0.1) is 31.4 Å². The maximum absolute atomic E-state index is 12.7. The van der Waals surface area contributed by atoms with E-state index in [9.17, 15) is 4.79 Å². The van der Waals surface area contributed by atoms with Crippen LogP contribution in [0.15, 0.2) is 10.9 Å². The number of aromatic nitrogens is 1. The number of rotatable bonds is 5. The van der Waals surface area contributed by atoms with E-state index in [0.29, 0.717) is 32.0 Å². The quantitative estimate of drug-likeness (QED) is 0.809. The SMILES string of the molecule is CCN(CC)CC1CCC2(COCCN(C(=O)c3cscn3)C2)O1. The minimum Gasteiger partial charge on any atom is -0.377 e. The molecule has 0 bridgehead atoms. The van der Waals surface area contributed by atoms with Gasteiger partial charge in [-0.1, -0.05) is 13.8 Å². The second-order valence-electron chi connectivity index (χ2n) is 6.60. The molecule has 24 heavy (non-hydrogen) atoms. The highest BCUT2D eigenvalue weighted by atomic mass is 32.1. The van der Waals surface area contributed by atoms with Crippen LogP contribution >= 0.6 is 11.3 Å². The molecule has 1 amide bonds. The van der Waals surface area contributed by atoms with E-state index in [0.717, 1.165) is 32.5 Å². The van der Waals surface area contributed by atoms with Crippen molar-refractivity contribution in [1.82, 2.24) is 14.8 Å². The van der Waals surface area contributed by atoms with Crippen LogP contribution in [-0.2, 0) is 9.47 Å². The lowest BCUT2D eigenvalue weighted by Gasteiger charge is -2.32. The van der Waals surface area contributed by atoms with Crippen molar-refractivity contribution >= 4 is 17.2 Å². The highest BCUT2D eigenvalue weighted by molar-refractivity contribution is 7.07. The Morgan fingerprint density at radius 1 is 1.50 bits per heavy atom. The van der Waals surface area contributed by atoms with Crippen LogP contribution in [0, 0.1) is 0 Å². The number of hydrogen-bond acceptors (Lipinski definition) is 6. The molecule has 0 radical (unpaired) electrons. The summed E-state index contributed by atoms with van der Waals surface area (Å²) in [5.74, 6) is -0.0167. The van der Waals surface area contributed by atoms with Gasteiger partial charge in [-0.05, 0) is 25.9 Å². The van der Waals surface area contributed by atoms with Crippen LogP contribution in [0.3, 0.4) is 0 Å². The molecule has 134 valence electrons. The first-order valence-corrected chi connectivity index (χ1v) is 9.75. The monoisotopic (exact) mass is 353 g/mol. The van der Waals surface area contributed by atoms with Crippen molar-refractivity contribution in [2.75, 3.05) is 45.9 Å². The van der Waals surface area contributed by atoms with Gasteiger partial charge in [0, 0.05) is 18.5 Å². The van der Waals surface area contributed by atoms with E-state index in [2.05, 4.69) is 23.7 Å². The van der Waals surface area contributed by atoms with Crippen LogP contribution in [0.1, 0.15) is 37.2 Å². The average molecular weight is 353 g/mol. The maximum atomic E-state index is 12.7. The summed E-state index contributed by atoms with van der Waals surface area (Å²) in [5.41, 5.74) is 1.86. The molecule has 1 spiro atoms. The molecule has 2 aliphatic heterocycles. The summed E-state index contributed by atoms with van der Waals surface area (Å²) in [6.07, 6.45) is 2.20. The molecule has 0 saturated carbocycles. The smallest absolute Gasteiger partial charge is 0.273 e. The Kier molecular flexibility index (Phi) is 5.86. The molecule has 7 heteroatoms. The minimum absolute atomic E-state index is 0.0167. The molecule has 2 saturated heterocycles. The fraction of sp³-hybridized carbons (Fsp3) is 0.765. The first-order valence-electron chi connectivity index (χ1n) is 8.81. The zero-order valence-corrected chi connectivity index (χ0v) is 15.4. The fourth-order valence-corrected chi connectivity index (χ4v) is 4.10. The van der Waals surface area contributed by atoms with E-state index < -0.39 is 0 Å². The first-order chi connectivity index (χ1) is 11.7. The first kappa shape index (κ1) is 17.8. The lowest BCUT2D eigenvalue weighted by atomic mass is 10.00. The molecule has 1 aromatic rings. The molecular formula is C17H27N3O3S. The number of hydrogen-bond donors (Lipinski definition) is 0. The molecule has 0 N–H and O–H groups in total. The van der Waals surface area contributed by atoms with E-state index in [-0.39, 0.29) is 17.6 Å². The average Bonchev–Trinajstić information content (AvgIpc) is 3.20. The summed E-state index contributed by atoms with van der Waals surface area (Å²) in [6, 6.07) is 0. The molecule has 0 aromatic carbocycles. The number of carbonyl (C=O) groups excluding carboxylic acids is 1. The predicted octanol–water partition coefficient (Wildman–Crippen LogP) is 1.88. The van der Waals surface area contributed by atoms with Gasteiger partial charge in [0.25, 0.3) is 5.91 Å². The molecule has 3 heterocycles. The summed E-state index contributed by atoms with van der Waals surface area (Å²) in [5, 5.41) is 1.80. The van der Waals surface area contributed by atoms with E-state index in [4.69, 9.17) is 9.47 Å². The Balaban J connectivity index is 1.65. The highest BCUT2D eigenvalue weighted by Crippen LogP contribution is 2.33. The Morgan fingerprint density at radius 3 is 3.04 bits per heavy atom. The van der Waals surface area contributed by atoms with E-state index in [1.54, 1.807) is 10.9 Å². The van der Waals surface area contributed by atoms with Gasteiger partial charge >= 0.3 is 0 Å². The molecule has 3 rings (SSSR count). The Hall–Kier alpha value is -1.02. The van der Waals surface area contributed by atoms with E-state index in [1.807, 2.05) is 4.90 Å². The van der Waals surface area contributed by atoms with Crippen LogP contribution in [0.2, 0.25) is 0 Å². The third-order valence-corrected chi connectivity index (χ3v) is 5.57. The van der Waals surface area contributed by atoms with Crippen LogP contribution in [0.25, 0.3) is 0 Å². The van der Waals surface area contributed by atoms with Crippen LogP contribution in [0.4, 0.5) is 0 Å². The van der Waals surface area contributed by atoms with Gasteiger partial charge in [0.1, 0.15) is 11.3 Å². The lowest BCUT2D eigenvalue weighted by molar-refractivity contribution is -0.0896. The van der Waals surface area contributed by atoms with Gasteiger partial charge in [-0.15, -0.1) is 11.3 Å². The zero-order chi connectivity index (χ0) is 17.0. The number of carbonyl (C=O) groups is 1. The van der Waals surface area contributed by atoms with E-state index in [1.165, 1.54) is 11.3 Å². The Labute approximate surface area is 147 Å². The van der Waals surface area contributed by atoms with Crippen molar-refractivity contribution in [3.8, 4) is 0 Å². The van der Waals surface area contributed by atoms with Crippen molar-refractivity contribution in [3.63, 3.8) is 0 Å². The Morgan fingerprint density at radius 2 is 2.33 bits per heavy atom. The number of likely N-dealkylation sites (N-methyl/N-ethyl adjacent to an activating group) is 1. The zero-order valence-electron chi connectivity index (χ0n) is 14.6. The van der Waals surface area contributed by atoms with Gasteiger partial charge in [-0.25, -0.2) is 4.98 Å². The molecule has 0 aliphatic carbocycles. The molecular weight excluding hydrogens is 326 g/mol. The van der Waals surface area contributed by atoms with Gasteiger partial charge in [0.2, 0.25) is 0 Å². The number of nitrogens with zero attached hydrogens (tertiary/aromatic N) is 3. The second kappa shape index (κ2) is 7.91. The number of amides is 1. The maximum Gasteiger partial charge on any atom is 0.273 e. The van der Waals surface area contributed by atoms with Crippen molar-refractivity contribution < 1.29 is 14.3 Å². The van der Waals surface area contributed by atoms with Crippen molar-refractivity contribution in [2.24, 2.45) is 0 Å². The summed E-state index contributed by atoms with van der Waals surface area (Å²) in [7, 11) is 0. The largest absolute Gasteiger partial charge is 0.377 e. The lowest BCUT2D eigenvalue weighted by Crippen LogP contribution is -2.47. The van der Waals surface area contributed by atoms with Crippen molar-refractivity contribution in [3.05, 3.63) is 16.6 Å². The summed E-state index contributed by atoms with van der Waals surface area (Å²) < 4.78 is 12.2. The van der Waals surface area contributed by atoms with Crippen molar-refractivity contribution in [2.45, 2.75) is 38.4 Å². The summed E-state index contributed by atoms with van der Waals surface area (Å²) in [4.78, 5) is 21.0. The van der Waals surface area contributed by atoms with E-state index >= 15 is 0 Å². The molecule has 2 unspecified atom stereocenters. The normalized spacial score (nSPS) is 27.8. The second-order valence-corrected chi connectivity index (χ2v) is 7.32. The van der Waals surface area contributed by atoms with Gasteiger partial charge in [-0.3, -0.25) is 4.79 Å². The third kappa shape index (κ3) is 3.96. The van der Waals surface area contributed by atoms with Gasteiger partial charge in [-0.2, -0.15) is 0 Å². The number of ether oxygens (including phenoxy) is 2. The van der Waals surface area contributed by atoms with Gasteiger partial charge < -0.3 is 19.3 Å². The third-order valence-electron chi connectivity index (χ3n) is 4.98. The Bertz CT molecular complexity index is 535. The fourth-order valence-electron chi connectivity index (χ4n) is 3.58. The molecule has 6 nitrogen and oxygen atoms in total. The predicted molar refractivity (Wildman–Crippen MR) is 93.5 cm³/mol. The standard InChI is InChI=1S/C17H27N3O3S/c1-3-19(4-2)9-14-5-6-17(23-14)11-20(7-8-22-12-17)16(21)15-10-24-13-18-15/h10,13-14H,3-9,11-12H2,1-2H3. The van der Waals surface area contributed by atoms with Crippen LogP contribution in [-0.4, -0.2) is 78.3 Å². The summed E-state index contributed by atoms with van der Waals surface area (Å²) >= 11 is 1.45. The topological polar surface area (TPSA) is 54.9 Å². The highest BCUT2D eigenvalue weighted by Gasteiger charge is 2.44. The van der Waals surface area contributed by atoms with Crippen LogP contribution in [0.5, 0.6) is 0 Å². The van der Waals surface area contributed by atoms with Gasteiger partial charge in [0.15, 0.2) is 0 Å². The van der Waals surface area contributed by atoms with Crippen LogP contribution < -0.4 is 0 Å². The summed E-state index contributed by atoms with van der Waals surface area (Å²) in [6.45, 7) is 9.70. The van der Waals surface area contributed by atoms with Crippen molar-refractivity contribution in [1.29, 1.82) is 0 Å². The molecule has 2 fully saturated rings. The molecule has 2 atom stereocenters. The number of thiazole rings is 1. The minimum atomic E-state index is -0.361.